The highest BCUT2D eigenvalue weighted by Gasteiger charge is 2.27. The Morgan fingerprint density at radius 1 is 1.04 bits per heavy atom. The number of halogens is 1. The van der Waals surface area contributed by atoms with Crippen molar-refractivity contribution in [2.45, 2.75) is 19.1 Å². The molecule has 0 aliphatic carbocycles. The van der Waals surface area contributed by atoms with E-state index in [-0.39, 0.29) is 24.5 Å². The monoisotopic (exact) mass is 346 g/mol. The van der Waals surface area contributed by atoms with E-state index >= 15 is 0 Å². The molecule has 0 saturated carbocycles. The van der Waals surface area contributed by atoms with E-state index in [1.807, 2.05) is 53.4 Å². The van der Waals surface area contributed by atoms with Crippen LogP contribution in [0.1, 0.15) is 11.1 Å². The summed E-state index contributed by atoms with van der Waals surface area (Å²) in [6.45, 7) is 2.62. The summed E-state index contributed by atoms with van der Waals surface area (Å²) in [5.41, 5.74) is 2.25. The van der Waals surface area contributed by atoms with Crippen molar-refractivity contribution < 1.29 is 9.53 Å². The molecule has 1 heterocycles. The predicted molar refractivity (Wildman–Crippen MR) is 97.4 cm³/mol. The Kier molecular flexibility index (Phi) is 7.09. The van der Waals surface area contributed by atoms with Crippen molar-refractivity contribution in [1.29, 1.82) is 0 Å². The molecule has 1 amide bonds. The third-order valence-corrected chi connectivity index (χ3v) is 4.10. The zero-order valence-corrected chi connectivity index (χ0v) is 14.4. The molecule has 1 N–H and O–H groups in total. The summed E-state index contributed by atoms with van der Waals surface area (Å²) in [5.74, 6) is 0. The zero-order chi connectivity index (χ0) is 15.9. The van der Waals surface area contributed by atoms with Gasteiger partial charge in [0.05, 0.1) is 6.04 Å². The number of ether oxygens (including phenoxy) is 1. The van der Waals surface area contributed by atoms with Gasteiger partial charge >= 0.3 is 6.09 Å². The van der Waals surface area contributed by atoms with Crippen LogP contribution in [0.3, 0.4) is 0 Å². The SMILES string of the molecule is Cl.O=C(OCc1ccccc1)N1CCNC[C@@H]1Cc1ccccc1. The van der Waals surface area contributed by atoms with Gasteiger partial charge in [0.1, 0.15) is 6.61 Å². The van der Waals surface area contributed by atoms with Crippen LogP contribution in [0.25, 0.3) is 0 Å². The van der Waals surface area contributed by atoms with Gasteiger partial charge in [0, 0.05) is 19.6 Å². The molecule has 0 spiro atoms. The lowest BCUT2D eigenvalue weighted by atomic mass is 10.0. The Hall–Kier alpha value is -2.04. The van der Waals surface area contributed by atoms with Crippen molar-refractivity contribution in [3.63, 3.8) is 0 Å². The number of benzene rings is 2. The molecular weight excluding hydrogens is 324 g/mol. The minimum absolute atomic E-state index is 0. The first-order valence-electron chi connectivity index (χ1n) is 8.05. The summed E-state index contributed by atoms with van der Waals surface area (Å²) in [7, 11) is 0. The van der Waals surface area contributed by atoms with Crippen molar-refractivity contribution in [3.8, 4) is 0 Å². The Labute approximate surface area is 149 Å². The van der Waals surface area contributed by atoms with E-state index in [1.165, 1.54) is 5.56 Å². The Balaban J connectivity index is 0.00000208. The van der Waals surface area contributed by atoms with Gasteiger partial charge in [0.2, 0.25) is 0 Å². The van der Waals surface area contributed by atoms with Gasteiger partial charge in [-0.25, -0.2) is 4.79 Å². The van der Waals surface area contributed by atoms with Crippen molar-refractivity contribution >= 4 is 18.5 Å². The van der Waals surface area contributed by atoms with Crippen LogP contribution >= 0.6 is 12.4 Å². The minimum atomic E-state index is -0.226. The van der Waals surface area contributed by atoms with Crippen LogP contribution in [0, 0.1) is 0 Å². The van der Waals surface area contributed by atoms with E-state index in [9.17, 15) is 4.79 Å². The number of carbonyl (C=O) groups is 1. The fourth-order valence-corrected chi connectivity index (χ4v) is 2.87. The summed E-state index contributed by atoms with van der Waals surface area (Å²) in [5, 5.41) is 3.36. The summed E-state index contributed by atoms with van der Waals surface area (Å²) in [6.07, 6.45) is 0.616. The largest absolute Gasteiger partial charge is 0.445 e. The molecule has 24 heavy (non-hydrogen) atoms. The van der Waals surface area contributed by atoms with Gasteiger partial charge in [-0.05, 0) is 17.5 Å². The number of piperazine rings is 1. The summed E-state index contributed by atoms with van der Waals surface area (Å²) in [6, 6.07) is 20.2. The first-order chi connectivity index (χ1) is 11.3. The number of hydrogen-bond donors (Lipinski definition) is 1. The second-order valence-corrected chi connectivity index (χ2v) is 5.78. The summed E-state index contributed by atoms with van der Waals surface area (Å²) >= 11 is 0. The highest BCUT2D eigenvalue weighted by Crippen LogP contribution is 2.13. The van der Waals surface area contributed by atoms with Gasteiger partial charge in [-0.15, -0.1) is 12.4 Å². The van der Waals surface area contributed by atoms with Gasteiger partial charge in [-0.1, -0.05) is 60.7 Å². The molecule has 0 aromatic heterocycles. The lowest BCUT2D eigenvalue weighted by Gasteiger charge is -2.35. The minimum Gasteiger partial charge on any atom is -0.445 e. The van der Waals surface area contributed by atoms with E-state index in [2.05, 4.69) is 17.4 Å². The average Bonchev–Trinajstić information content (AvgIpc) is 2.62. The predicted octanol–water partition coefficient (Wildman–Crippen LogP) is 3.26. The third-order valence-electron chi connectivity index (χ3n) is 4.10. The van der Waals surface area contributed by atoms with Crippen LogP contribution in [0.5, 0.6) is 0 Å². The van der Waals surface area contributed by atoms with E-state index < -0.39 is 0 Å². The zero-order valence-electron chi connectivity index (χ0n) is 13.6. The van der Waals surface area contributed by atoms with Gasteiger partial charge in [0.25, 0.3) is 0 Å². The molecular formula is C19H23ClN2O2. The summed E-state index contributed by atoms with van der Waals surface area (Å²) < 4.78 is 5.49. The van der Waals surface area contributed by atoms with Crippen LogP contribution in [0.4, 0.5) is 4.79 Å². The molecule has 1 fully saturated rings. The van der Waals surface area contributed by atoms with Gasteiger partial charge in [-0.2, -0.15) is 0 Å². The molecule has 2 aromatic rings. The second-order valence-electron chi connectivity index (χ2n) is 5.78. The number of carbonyl (C=O) groups excluding carboxylic acids is 1. The van der Waals surface area contributed by atoms with E-state index in [0.717, 1.165) is 25.1 Å². The molecule has 1 saturated heterocycles. The maximum absolute atomic E-state index is 12.4. The van der Waals surface area contributed by atoms with Gasteiger partial charge in [-0.3, -0.25) is 0 Å². The maximum Gasteiger partial charge on any atom is 0.410 e. The van der Waals surface area contributed by atoms with Crippen LogP contribution < -0.4 is 5.32 Å². The lowest BCUT2D eigenvalue weighted by molar-refractivity contribution is 0.0722. The van der Waals surface area contributed by atoms with E-state index in [4.69, 9.17) is 4.74 Å². The molecule has 4 nitrogen and oxygen atoms in total. The molecule has 5 heteroatoms. The Morgan fingerprint density at radius 2 is 1.67 bits per heavy atom. The maximum atomic E-state index is 12.4. The quantitative estimate of drug-likeness (QED) is 0.923. The van der Waals surface area contributed by atoms with Crippen LogP contribution in [-0.2, 0) is 17.8 Å². The van der Waals surface area contributed by atoms with Crippen LogP contribution in [0.2, 0.25) is 0 Å². The molecule has 1 atom stereocenters. The second kappa shape index (κ2) is 9.30. The summed E-state index contributed by atoms with van der Waals surface area (Å²) in [4.78, 5) is 14.3. The van der Waals surface area contributed by atoms with E-state index in [1.54, 1.807) is 0 Å². The fraction of sp³-hybridized carbons (Fsp3) is 0.316. The van der Waals surface area contributed by atoms with Crippen molar-refractivity contribution in [1.82, 2.24) is 10.2 Å². The standard InChI is InChI=1S/C19H22N2O2.ClH/c22-19(23-15-17-9-5-2-6-10-17)21-12-11-20-14-18(21)13-16-7-3-1-4-8-16;/h1-10,18,20H,11-15H2;1H/t18-;/m0./s1. The normalized spacial score (nSPS) is 17.0. The molecule has 2 aromatic carbocycles. The van der Waals surface area contributed by atoms with Crippen LogP contribution in [-0.4, -0.2) is 36.7 Å². The average molecular weight is 347 g/mol. The third kappa shape index (κ3) is 4.98. The first-order valence-corrected chi connectivity index (χ1v) is 8.05. The molecule has 0 bridgehead atoms. The number of amides is 1. The van der Waals surface area contributed by atoms with Crippen molar-refractivity contribution in [3.05, 3.63) is 71.8 Å². The number of nitrogens with zero attached hydrogens (tertiary/aromatic N) is 1. The fourth-order valence-electron chi connectivity index (χ4n) is 2.87. The smallest absolute Gasteiger partial charge is 0.410 e. The molecule has 3 rings (SSSR count). The highest BCUT2D eigenvalue weighted by molar-refractivity contribution is 5.85. The number of rotatable bonds is 4. The number of hydrogen-bond acceptors (Lipinski definition) is 3. The van der Waals surface area contributed by atoms with E-state index in [0.29, 0.717) is 13.2 Å². The van der Waals surface area contributed by atoms with Crippen LogP contribution in [0.15, 0.2) is 60.7 Å². The Morgan fingerprint density at radius 3 is 2.33 bits per heavy atom. The molecule has 1 aliphatic heterocycles. The number of nitrogens with one attached hydrogen (secondary N) is 1. The Bertz CT molecular complexity index is 622. The van der Waals surface area contributed by atoms with Gasteiger partial charge in [0.15, 0.2) is 0 Å². The molecule has 0 radical (unpaired) electrons. The van der Waals surface area contributed by atoms with Gasteiger partial charge < -0.3 is 15.0 Å². The molecule has 128 valence electrons. The molecule has 0 unspecified atom stereocenters. The van der Waals surface area contributed by atoms with Crippen molar-refractivity contribution in [2.75, 3.05) is 19.6 Å². The topological polar surface area (TPSA) is 41.6 Å². The van der Waals surface area contributed by atoms with Crippen molar-refractivity contribution in [2.24, 2.45) is 0 Å². The molecule has 1 aliphatic rings. The lowest BCUT2D eigenvalue weighted by Crippen LogP contribution is -2.54. The highest BCUT2D eigenvalue weighted by atomic mass is 35.5. The first kappa shape index (κ1) is 18.3.